The maximum Gasteiger partial charge on any atom is 0.337 e. The number of aliphatic hydroxyl groups is 1. The number of esters is 1. The molecule has 0 spiro atoms. The van der Waals surface area contributed by atoms with E-state index in [0.29, 0.717) is 5.56 Å². The summed E-state index contributed by atoms with van der Waals surface area (Å²) >= 11 is 0. The average molecular weight is 262 g/mol. The van der Waals surface area contributed by atoms with Crippen LogP contribution in [-0.4, -0.2) is 23.5 Å². The van der Waals surface area contributed by atoms with Crippen LogP contribution in [0, 0.1) is 0 Å². The van der Waals surface area contributed by atoms with Crippen LogP contribution in [0.15, 0.2) is 42.0 Å². The van der Waals surface area contributed by atoms with Gasteiger partial charge in [-0.1, -0.05) is 36.4 Å². The van der Waals surface area contributed by atoms with E-state index in [4.69, 9.17) is 4.74 Å². The van der Waals surface area contributed by atoms with Crippen molar-refractivity contribution in [2.45, 2.75) is 26.4 Å². The molecule has 1 unspecified atom stereocenters. The Morgan fingerprint density at radius 2 is 1.89 bits per heavy atom. The van der Waals surface area contributed by atoms with Crippen molar-refractivity contribution in [1.82, 2.24) is 0 Å². The number of benzene rings is 1. The lowest BCUT2D eigenvalue weighted by Gasteiger charge is -2.27. The minimum absolute atomic E-state index is 0.0620. The Morgan fingerprint density at radius 3 is 2.32 bits per heavy atom. The van der Waals surface area contributed by atoms with Crippen molar-refractivity contribution in [1.29, 1.82) is 0 Å². The van der Waals surface area contributed by atoms with Crippen LogP contribution in [0.2, 0.25) is 0 Å². The first kappa shape index (κ1) is 15.1. The van der Waals surface area contributed by atoms with Gasteiger partial charge in [0.15, 0.2) is 11.4 Å². The summed E-state index contributed by atoms with van der Waals surface area (Å²) in [5, 5.41) is 10.7. The minimum atomic E-state index is -1.97. The van der Waals surface area contributed by atoms with E-state index in [2.05, 4.69) is 0 Å². The van der Waals surface area contributed by atoms with E-state index in [9.17, 15) is 14.7 Å². The number of carbonyl (C=O) groups excluding carboxylic acids is 2. The number of ether oxygens (including phenoxy) is 1. The summed E-state index contributed by atoms with van der Waals surface area (Å²) in [6.07, 6.45) is 1.41. The second kappa shape index (κ2) is 6.29. The fourth-order valence-electron chi connectivity index (χ4n) is 1.91. The van der Waals surface area contributed by atoms with Crippen LogP contribution in [0.3, 0.4) is 0 Å². The van der Waals surface area contributed by atoms with Crippen LogP contribution in [0.4, 0.5) is 0 Å². The van der Waals surface area contributed by atoms with E-state index in [1.54, 1.807) is 44.2 Å². The predicted octanol–water partition coefficient (Wildman–Crippen LogP) is 1.97. The maximum atomic E-state index is 11.9. The SMILES string of the molecule is C/C=C(\C(=O)OCC)C(O)(C(C)=O)c1ccccc1. The molecule has 1 atom stereocenters. The molecule has 0 aliphatic carbocycles. The number of allylic oxidation sites excluding steroid dienone is 1. The average Bonchev–Trinajstić information content (AvgIpc) is 2.40. The van der Waals surface area contributed by atoms with Crippen molar-refractivity contribution in [3.8, 4) is 0 Å². The van der Waals surface area contributed by atoms with Gasteiger partial charge in [-0.05, 0) is 26.3 Å². The summed E-state index contributed by atoms with van der Waals surface area (Å²) < 4.78 is 4.89. The van der Waals surface area contributed by atoms with E-state index < -0.39 is 17.4 Å². The number of Topliss-reactive ketones (excluding diaryl/α,β-unsaturated/α-hetero) is 1. The van der Waals surface area contributed by atoms with Gasteiger partial charge in [0.1, 0.15) is 0 Å². The zero-order chi connectivity index (χ0) is 14.5. The highest BCUT2D eigenvalue weighted by molar-refractivity contribution is 6.02. The summed E-state index contributed by atoms with van der Waals surface area (Å²) in [6.45, 7) is 4.68. The van der Waals surface area contributed by atoms with Gasteiger partial charge in [0.2, 0.25) is 0 Å². The molecular weight excluding hydrogens is 244 g/mol. The van der Waals surface area contributed by atoms with Crippen molar-refractivity contribution >= 4 is 11.8 Å². The first-order valence-electron chi connectivity index (χ1n) is 6.11. The van der Waals surface area contributed by atoms with E-state index >= 15 is 0 Å². The van der Waals surface area contributed by atoms with E-state index in [0.717, 1.165) is 0 Å². The monoisotopic (exact) mass is 262 g/mol. The summed E-state index contributed by atoms with van der Waals surface area (Å²) in [4.78, 5) is 23.8. The normalized spacial score (nSPS) is 14.6. The quantitative estimate of drug-likeness (QED) is 0.651. The number of rotatable bonds is 5. The number of ketones is 1. The molecule has 0 saturated carbocycles. The smallest absolute Gasteiger partial charge is 0.337 e. The van der Waals surface area contributed by atoms with Crippen LogP contribution >= 0.6 is 0 Å². The van der Waals surface area contributed by atoms with Crippen LogP contribution in [0.25, 0.3) is 0 Å². The van der Waals surface area contributed by atoms with Gasteiger partial charge in [0.25, 0.3) is 0 Å². The molecular formula is C15H18O4. The first-order chi connectivity index (χ1) is 8.98. The largest absolute Gasteiger partial charge is 0.463 e. The van der Waals surface area contributed by atoms with Gasteiger partial charge in [-0.15, -0.1) is 0 Å². The van der Waals surface area contributed by atoms with E-state index in [1.165, 1.54) is 13.0 Å². The highest BCUT2D eigenvalue weighted by atomic mass is 16.5. The molecule has 4 nitrogen and oxygen atoms in total. The summed E-state index contributed by atoms with van der Waals surface area (Å²) in [6, 6.07) is 8.36. The molecule has 0 amide bonds. The van der Waals surface area contributed by atoms with Gasteiger partial charge in [-0.25, -0.2) is 4.79 Å². The van der Waals surface area contributed by atoms with Gasteiger partial charge in [-0.2, -0.15) is 0 Å². The highest BCUT2D eigenvalue weighted by Crippen LogP contribution is 2.31. The lowest BCUT2D eigenvalue weighted by molar-refractivity contribution is -0.146. The molecule has 102 valence electrons. The fraction of sp³-hybridized carbons (Fsp3) is 0.333. The second-order valence-electron chi connectivity index (χ2n) is 4.06. The minimum Gasteiger partial charge on any atom is -0.463 e. The van der Waals surface area contributed by atoms with Gasteiger partial charge in [0, 0.05) is 0 Å². The van der Waals surface area contributed by atoms with Crippen LogP contribution in [0.1, 0.15) is 26.3 Å². The summed E-state index contributed by atoms with van der Waals surface area (Å²) in [5.41, 5.74) is -1.68. The van der Waals surface area contributed by atoms with Gasteiger partial charge >= 0.3 is 5.97 Å². The Hall–Kier alpha value is -1.94. The molecule has 0 fully saturated rings. The zero-order valence-corrected chi connectivity index (χ0v) is 11.3. The third-order valence-electron chi connectivity index (χ3n) is 2.87. The van der Waals surface area contributed by atoms with Crippen molar-refractivity contribution < 1.29 is 19.4 Å². The molecule has 1 N–H and O–H groups in total. The van der Waals surface area contributed by atoms with Crippen molar-refractivity contribution in [2.24, 2.45) is 0 Å². The molecule has 1 rings (SSSR count). The fourth-order valence-corrected chi connectivity index (χ4v) is 1.91. The highest BCUT2D eigenvalue weighted by Gasteiger charge is 2.42. The van der Waals surface area contributed by atoms with Crippen LogP contribution in [-0.2, 0) is 19.9 Å². The van der Waals surface area contributed by atoms with Crippen molar-refractivity contribution in [3.63, 3.8) is 0 Å². The maximum absolute atomic E-state index is 11.9. The molecule has 0 aromatic heterocycles. The third kappa shape index (κ3) is 2.90. The van der Waals surface area contributed by atoms with Crippen LogP contribution in [0.5, 0.6) is 0 Å². The molecule has 4 heteroatoms. The van der Waals surface area contributed by atoms with Gasteiger partial charge in [-0.3, -0.25) is 4.79 Å². The molecule has 1 aromatic rings. The molecule has 1 aromatic carbocycles. The molecule has 0 bridgehead atoms. The number of carbonyl (C=O) groups is 2. The Balaban J connectivity index is 3.35. The van der Waals surface area contributed by atoms with Crippen LogP contribution < -0.4 is 0 Å². The molecule has 0 aliphatic rings. The Labute approximate surface area is 112 Å². The Kier molecular flexibility index (Phi) is 5.01. The van der Waals surface area contributed by atoms with Crippen molar-refractivity contribution in [2.75, 3.05) is 6.61 Å². The van der Waals surface area contributed by atoms with Gasteiger partial charge in [0.05, 0.1) is 12.2 Å². The standard InChI is InChI=1S/C15H18O4/c1-4-13(14(17)19-5-2)15(18,11(3)16)12-9-7-6-8-10-12/h4,6-10,18H,5H2,1-3H3/b13-4+. The molecule has 19 heavy (non-hydrogen) atoms. The van der Waals surface area contributed by atoms with Gasteiger partial charge < -0.3 is 9.84 Å². The lowest BCUT2D eigenvalue weighted by Crippen LogP contribution is -2.39. The number of hydrogen-bond donors (Lipinski definition) is 1. The van der Waals surface area contributed by atoms with E-state index in [-0.39, 0.29) is 12.2 Å². The Morgan fingerprint density at radius 1 is 1.32 bits per heavy atom. The second-order valence-corrected chi connectivity index (χ2v) is 4.06. The predicted molar refractivity (Wildman–Crippen MR) is 71.4 cm³/mol. The van der Waals surface area contributed by atoms with Crippen molar-refractivity contribution in [3.05, 3.63) is 47.5 Å². The topological polar surface area (TPSA) is 63.6 Å². The molecule has 0 saturated heterocycles. The number of hydrogen-bond acceptors (Lipinski definition) is 4. The molecule has 0 aliphatic heterocycles. The van der Waals surface area contributed by atoms with E-state index in [1.807, 2.05) is 0 Å². The summed E-state index contributed by atoms with van der Waals surface area (Å²) in [5.74, 6) is -1.22. The first-order valence-corrected chi connectivity index (χ1v) is 6.11. The third-order valence-corrected chi connectivity index (χ3v) is 2.87. The molecule has 0 radical (unpaired) electrons. The zero-order valence-electron chi connectivity index (χ0n) is 11.3. The lowest BCUT2D eigenvalue weighted by atomic mass is 9.82. The Bertz CT molecular complexity index is 490. The summed E-state index contributed by atoms with van der Waals surface area (Å²) in [7, 11) is 0. The molecule has 0 heterocycles.